The van der Waals surface area contributed by atoms with E-state index in [9.17, 15) is 14.9 Å². The summed E-state index contributed by atoms with van der Waals surface area (Å²) in [6.07, 6.45) is 1.95. The maximum absolute atomic E-state index is 12.4. The number of nitro groups is 1. The van der Waals surface area contributed by atoms with Crippen molar-refractivity contribution in [3.63, 3.8) is 0 Å². The minimum absolute atomic E-state index is 0. The molecule has 0 spiro atoms. The number of rotatable bonds is 8. The molecule has 7 nitrogen and oxygen atoms in total. The quantitative estimate of drug-likeness (QED) is 0.393. The molecule has 0 radical (unpaired) electrons. The summed E-state index contributed by atoms with van der Waals surface area (Å²) in [6.45, 7) is 4.96. The van der Waals surface area contributed by atoms with Crippen molar-refractivity contribution in [2.24, 2.45) is 5.41 Å². The number of ether oxygens (including phenoxy) is 1. The van der Waals surface area contributed by atoms with Gasteiger partial charge in [-0.2, -0.15) is 0 Å². The van der Waals surface area contributed by atoms with Gasteiger partial charge in [-0.15, -0.1) is 24.2 Å². The molecular formula is C17H26ClN3O4S. The van der Waals surface area contributed by atoms with Crippen molar-refractivity contribution in [1.82, 2.24) is 10.6 Å². The summed E-state index contributed by atoms with van der Waals surface area (Å²) in [5.41, 5.74) is 0.0433. The normalized spacial score (nSPS) is 17.0. The van der Waals surface area contributed by atoms with Crippen LogP contribution in [-0.2, 0) is 9.53 Å². The molecule has 1 heterocycles. The van der Waals surface area contributed by atoms with Gasteiger partial charge in [0.15, 0.2) is 0 Å². The van der Waals surface area contributed by atoms with E-state index in [-0.39, 0.29) is 34.7 Å². The van der Waals surface area contributed by atoms with Gasteiger partial charge in [-0.25, -0.2) is 0 Å². The Labute approximate surface area is 164 Å². The third-order valence-electron chi connectivity index (χ3n) is 4.48. The van der Waals surface area contributed by atoms with Crippen molar-refractivity contribution in [2.75, 3.05) is 33.4 Å². The Morgan fingerprint density at radius 3 is 2.54 bits per heavy atom. The third-order valence-corrected chi connectivity index (χ3v) is 5.59. The summed E-state index contributed by atoms with van der Waals surface area (Å²) in [4.78, 5) is 23.5. The van der Waals surface area contributed by atoms with E-state index in [2.05, 4.69) is 10.6 Å². The SMILES string of the molecule is COCC1(CNC(=O)C(C)Sc2ccc([N+](=O)[O-])cc2)CCNCC1.Cl. The van der Waals surface area contributed by atoms with Crippen LogP contribution in [0.15, 0.2) is 29.2 Å². The highest BCUT2D eigenvalue weighted by Gasteiger charge is 2.33. The van der Waals surface area contributed by atoms with Gasteiger partial charge in [-0.05, 0) is 45.0 Å². The first kappa shape index (κ1) is 22.7. The molecule has 0 aliphatic carbocycles. The fraction of sp³-hybridized carbons (Fsp3) is 0.588. The van der Waals surface area contributed by atoms with Gasteiger partial charge in [0.1, 0.15) is 0 Å². The molecule has 9 heteroatoms. The van der Waals surface area contributed by atoms with Crippen LogP contribution in [0.1, 0.15) is 19.8 Å². The molecule has 2 N–H and O–H groups in total. The molecule has 0 aromatic heterocycles. The molecule has 1 unspecified atom stereocenters. The van der Waals surface area contributed by atoms with Crippen LogP contribution in [0.2, 0.25) is 0 Å². The number of carbonyl (C=O) groups excluding carboxylic acids is 1. The molecule has 26 heavy (non-hydrogen) atoms. The molecule has 1 aliphatic rings. The van der Waals surface area contributed by atoms with Gasteiger partial charge < -0.3 is 15.4 Å². The maximum atomic E-state index is 12.4. The van der Waals surface area contributed by atoms with Crippen molar-refractivity contribution in [2.45, 2.75) is 29.9 Å². The Morgan fingerprint density at radius 1 is 1.38 bits per heavy atom. The first-order valence-electron chi connectivity index (χ1n) is 8.34. The summed E-state index contributed by atoms with van der Waals surface area (Å²) in [5, 5.41) is 16.8. The predicted octanol–water partition coefficient (Wildman–Crippen LogP) is 2.63. The number of carbonyl (C=O) groups is 1. The summed E-state index contributed by atoms with van der Waals surface area (Å²) in [5.74, 6) is -0.0302. The van der Waals surface area contributed by atoms with E-state index in [1.165, 1.54) is 23.9 Å². The van der Waals surface area contributed by atoms with Crippen LogP contribution >= 0.6 is 24.2 Å². The first-order chi connectivity index (χ1) is 12.0. The lowest BCUT2D eigenvalue weighted by Crippen LogP contribution is -2.48. The maximum Gasteiger partial charge on any atom is 0.269 e. The van der Waals surface area contributed by atoms with Crippen molar-refractivity contribution in [3.05, 3.63) is 34.4 Å². The number of nitro benzene ring substituents is 1. The lowest BCUT2D eigenvalue weighted by atomic mass is 9.79. The number of hydrogen-bond acceptors (Lipinski definition) is 6. The van der Waals surface area contributed by atoms with E-state index in [1.54, 1.807) is 19.2 Å². The Hall–Kier alpha value is -1.35. The van der Waals surface area contributed by atoms with Crippen LogP contribution in [0.5, 0.6) is 0 Å². The number of methoxy groups -OCH3 is 1. The van der Waals surface area contributed by atoms with E-state index in [1.807, 2.05) is 6.92 Å². The second-order valence-electron chi connectivity index (χ2n) is 6.41. The van der Waals surface area contributed by atoms with Crippen molar-refractivity contribution < 1.29 is 14.5 Å². The van der Waals surface area contributed by atoms with Gasteiger partial charge in [0.25, 0.3) is 5.69 Å². The van der Waals surface area contributed by atoms with Gasteiger partial charge in [0, 0.05) is 36.1 Å². The van der Waals surface area contributed by atoms with E-state index in [0.29, 0.717) is 13.2 Å². The molecule has 1 aromatic rings. The number of halogens is 1. The smallest absolute Gasteiger partial charge is 0.269 e. The molecule has 2 rings (SSSR count). The summed E-state index contributed by atoms with van der Waals surface area (Å²) in [7, 11) is 1.69. The number of amides is 1. The average molecular weight is 404 g/mol. The molecule has 0 bridgehead atoms. The molecule has 1 aliphatic heterocycles. The largest absolute Gasteiger partial charge is 0.384 e. The standard InChI is InChI=1S/C17H25N3O4S.ClH/c1-13(25-15-5-3-14(4-6-15)20(22)23)16(21)19-11-17(12-24-2)7-9-18-10-8-17;/h3-6,13,18H,7-12H2,1-2H3,(H,19,21);1H. The molecule has 1 fully saturated rings. The number of nitrogens with zero attached hydrogens (tertiary/aromatic N) is 1. The number of non-ortho nitro benzene ring substituents is 1. The van der Waals surface area contributed by atoms with Crippen LogP contribution < -0.4 is 10.6 Å². The molecule has 1 atom stereocenters. The van der Waals surface area contributed by atoms with Crippen LogP contribution in [0.4, 0.5) is 5.69 Å². The topological polar surface area (TPSA) is 93.5 Å². The monoisotopic (exact) mass is 403 g/mol. The van der Waals surface area contributed by atoms with Crippen molar-refractivity contribution in [1.29, 1.82) is 0 Å². The molecule has 146 valence electrons. The Kier molecular flexibility index (Phi) is 9.35. The Bertz CT molecular complexity index is 589. The second-order valence-corrected chi connectivity index (χ2v) is 7.83. The van der Waals surface area contributed by atoms with Crippen LogP contribution in [-0.4, -0.2) is 49.4 Å². The highest BCUT2D eigenvalue weighted by molar-refractivity contribution is 8.00. The van der Waals surface area contributed by atoms with E-state index >= 15 is 0 Å². The molecular weight excluding hydrogens is 378 g/mol. The molecule has 1 amide bonds. The first-order valence-corrected chi connectivity index (χ1v) is 9.22. The van der Waals surface area contributed by atoms with Gasteiger partial charge in [-0.3, -0.25) is 14.9 Å². The zero-order valence-corrected chi connectivity index (χ0v) is 16.7. The molecule has 0 saturated carbocycles. The number of nitrogens with one attached hydrogen (secondary N) is 2. The van der Waals surface area contributed by atoms with Crippen LogP contribution in [0, 0.1) is 15.5 Å². The third kappa shape index (κ3) is 6.42. The van der Waals surface area contributed by atoms with Gasteiger partial charge in [0.2, 0.25) is 5.91 Å². The van der Waals surface area contributed by atoms with Crippen LogP contribution in [0.3, 0.4) is 0 Å². The zero-order chi connectivity index (χ0) is 18.3. The molecule has 1 aromatic carbocycles. The van der Waals surface area contributed by atoms with Crippen molar-refractivity contribution in [3.8, 4) is 0 Å². The van der Waals surface area contributed by atoms with Gasteiger partial charge >= 0.3 is 0 Å². The highest BCUT2D eigenvalue weighted by Crippen LogP contribution is 2.29. The Balaban J connectivity index is 0.00000338. The zero-order valence-electron chi connectivity index (χ0n) is 15.0. The minimum Gasteiger partial charge on any atom is -0.384 e. The number of piperidine rings is 1. The fourth-order valence-corrected chi connectivity index (χ4v) is 3.85. The van der Waals surface area contributed by atoms with Crippen molar-refractivity contribution >= 4 is 35.8 Å². The number of hydrogen-bond donors (Lipinski definition) is 2. The Morgan fingerprint density at radius 2 is 2.00 bits per heavy atom. The van der Waals surface area contributed by atoms with E-state index in [4.69, 9.17) is 4.74 Å². The summed E-state index contributed by atoms with van der Waals surface area (Å²) >= 11 is 1.39. The highest BCUT2D eigenvalue weighted by atomic mass is 35.5. The predicted molar refractivity (Wildman–Crippen MR) is 105 cm³/mol. The lowest BCUT2D eigenvalue weighted by molar-refractivity contribution is -0.384. The fourth-order valence-electron chi connectivity index (χ4n) is 2.96. The lowest BCUT2D eigenvalue weighted by Gasteiger charge is -2.37. The second kappa shape index (κ2) is 10.7. The minimum atomic E-state index is -0.432. The van der Waals surface area contributed by atoms with Crippen LogP contribution in [0.25, 0.3) is 0 Å². The average Bonchev–Trinajstić information content (AvgIpc) is 2.61. The number of thioether (sulfide) groups is 1. The summed E-state index contributed by atoms with van der Waals surface area (Å²) < 4.78 is 5.36. The van der Waals surface area contributed by atoms with Gasteiger partial charge in [-0.1, -0.05) is 0 Å². The van der Waals surface area contributed by atoms with Gasteiger partial charge in [0.05, 0.1) is 16.8 Å². The molecule has 1 saturated heterocycles. The van der Waals surface area contributed by atoms with E-state index < -0.39 is 4.92 Å². The summed E-state index contributed by atoms with van der Waals surface area (Å²) in [6, 6.07) is 6.25. The van der Waals surface area contributed by atoms with E-state index in [0.717, 1.165) is 30.8 Å². The number of benzene rings is 1.